The second-order valence-electron chi connectivity index (χ2n) is 3.56. The predicted molar refractivity (Wildman–Crippen MR) is 61.8 cm³/mol. The molecule has 1 heterocycles. The number of hydrogen-bond donors (Lipinski definition) is 0. The SMILES string of the molecule is CCCc1c(Cl)nc(COCC(F)(F)F)nc1Cl. The Morgan fingerprint density at radius 2 is 1.72 bits per heavy atom. The molecule has 0 unspecified atom stereocenters. The van der Waals surface area contributed by atoms with Crippen LogP contribution in [-0.2, 0) is 17.8 Å². The Morgan fingerprint density at radius 1 is 1.17 bits per heavy atom. The number of ether oxygens (including phenoxy) is 1. The van der Waals surface area contributed by atoms with E-state index in [4.69, 9.17) is 23.2 Å². The van der Waals surface area contributed by atoms with Crippen molar-refractivity contribution in [1.29, 1.82) is 0 Å². The van der Waals surface area contributed by atoms with Crippen molar-refractivity contribution in [3.63, 3.8) is 0 Å². The maximum atomic E-state index is 11.9. The molecule has 0 aliphatic carbocycles. The van der Waals surface area contributed by atoms with Crippen LogP contribution in [0.2, 0.25) is 10.3 Å². The van der Waals surface area contributed by atoms with Crippen molar-refractivity contribution in [2.45, 2.75) is 32.5 Å². The standard InChI is InChI=1S/C10H11Cl2F3N2O/c1-2-3-6-8(11)16-7(17-9(6)12)4-18-5-10(13,14)15/h2-5H2,1H3. The first-order chi connectivity index (χ1) is 8.33. The zero-order valence-electron chi connectivity index (χ0n) is 9.52. The zero-order chi connectivity index (χ0) is 13.8. The van der Waals surface area contributed by atoms with Crippen molar-refractivity contribution in [2.75, 3.05) is 6.61 Å². The van der Waals surface area contributed by atoms with Crippen molar-refractivity contribution in [2.24, 2.45) is 0 Å². The number of rotatable bonds is 5. The highest BCUT2D eigenvalue weighted by atomic mass is 35.5. The largest absolute Gasteiger partial charge is 0.411 e. The fourth-order valence-corrected chi connectivity index (χ4v) is 1.86. The third kappa shape index (κ3) is 4.96. The van der Waals surface area contributed by atoms with Gasteiger partial charge in [-0.15, -0.1) is 0 Å². The molecule has 8 heteroatoms. The van der Waals surface area contributed by atoms with Crippen molar-refractivity contribution in [3.05, 3.63) is 21.7 Å². The molecule has 3 nitrogen and oxygen atoms in total. The number of nitrogens with zero attached hydrogens (tertiary/aromatic N) is 2. The maximum Gasteiger partial charge on any atom is 0.411 e. The van der Waals surface area contributed by atoms with Crippen LogP contribution >= 0.6 is 23.2 Å². The fourth-order valence-electron chi connectivity index (χ4n) is 1.25. The summed E-state index contributed by atoms with van der Waals surface area (Å²) in [5, 5.41) is 0.310. The molecule has 0 atom stereocenters. The van der Waals surface area contributed by atoms with Gasteiger partial charge < -0.3 is 4.74 Å². The van der Waals surface area contributed by atoms with E-state index in [0.29, 0.717) is 12.0 Å². The lowest BCUT2D eigenvalue weighted by Gasteiger charge is -2.09. The summed E-state index contributed by atoms with van der Waals surface area (Å²) in [7, 11) is 0. The third-order valence-corrected chi connectivity index (χ3v) is 2.57. The van der Waals surface area contributed by atoms with Gasteiger partial charge in [0.25, 0.3) is 0 Å². The monoisotopic (exact) mass is 302 g/mol. The highest BCUT2D eigenvalue weighted by Crippen LogP contribution is 2.23. The van der Waals surface area contributed by atoms with Crippen LogP contribution in [0.15, 0.2) is 0 Å². The maximum absolute atomic E-state index is 11.9. The molecule has 0 bridgehead atoms. The Morgan fingerprint density at radius 3 is 2.17 bits per heavy atom. The molecule has 102 valence electrons. The lowest BCUT2D eigenvalue weighted by Crippen LogP contribution is -2.17. The molecule has 0 N–H and O–H groups in total. The molecular weight excluding hydrogens is 292 g/mol. The molecule has 1 aromatic rings. The van der Waals surface area contributed by atoms with Crippen LogP contribution in [0.25, 0.3) is 0 Å². The summed E-state index contributed by atoms with van der Waals surface area (Å²) in [6, 6.07) is 0. The number of hydrogen-bond acceptors (Lipinski definition) is 3. The van der Waals surface area contributed by atoms with Crippen LogP contribution in [0, 0.1) is 0 Å². The normalized spacial score (nSPS) is 11.9. The van der Waals surface area contributed by atoms with E-state index < -0.39 is 12.8 Å². The number of halogens is 5. The minimum atomic E-state index is -4.38. The van der Waals surface area contributed by atoms with Crippen LogP contribution in [0.3, 0.4) is 0 Å². The molecule has 0 saturated carbocycles. The summed E-state index contributed by atoms with van der Waals surface area (Å²) >= 11 is 11.7. The Bertz CT molecular complexity index is 390. The van der Waals surface area contributed by atoms with E-state index >= 15 is 0 Å². The highest BCUT2D eigenvalue weighted by Gasteiger charge is 2.27. The average molecular weight is 303 g/mol. The van der Waals surface area contributed by atoms with Crippen LogP contribution < -0.4 is 0 Å². The Kier molecular flexibility index (Phi) is 5.62. The van der Waals surface area contributed by atoms with Gasteiger partial charge in [-0.25, -0.2) is 9.97 Å². The average Bonchev–Trinajstić information content (AvgIpc) is 2.21. The molecular formula is C10H11Cl2F3N2O. The first-order valence-corrected chi connectivity index (χ1v) is 5.94. The Balaban J connectivity index is 2.68. The van der Waals surface area contributed by atoms with Crippen molar-refractivity contribution < 1.29 is 17.9 Å². The quantitative estimate of drug-likeness (QED) is 0.776. The summed E-state index contributed by atoms with van der Waals surface area (Å²) in [5.74, 6) is 0.0362. The summed E-state index contributed by atoms with van der Waals surface area (Å²) in [5.41, 5.74) is 0.598. The second-order valence-corrected chi connectivity index (χ2v) is 4.27. The van der Waals surface area contributed by atoms with E-state index in [2.05, 4.69) is 14.7 Å². The number of aromatic nitrogens is 2. The molecule has 0 saturated heterocycles. The van der Waals surface area contributed by atoms with E-state index in [9.17, 15) is 13.2 Å². The van der Waals surface area contributed by atoms with E-state index in [1.54, 1.807) is 0 Å². The molecule has 0 aromatic carbocycles. The first kappa shape index (κ1) is 15.5. The summed E-state index contributed by atoms with van der Waals surface area (Å²) < 4.78 is 40.0. The molecule has 1 rings (SSSR count). The molecule has 0 amide bonds. The van der Waals surface area contributed by atoms with Crippen molar-refractivity contribution in [3.8, 4) is 0 Å². The fraction of sp³-hybridized carbons (Fsp3) is 0.600. The molecule has 0 fully saturated rings. The van der Waals surface area contributed by atoms with E-state index in [1.807, 2.05) is 6.92 Å². The molecule has 0 aliphatic heterocycles. The Hall–Kier alpha value is -0.590. The van der Waals surface area contributed by atoms with E-state index in [1.165, 1.54) is 0 Å². The first-order valence-electron chi connectivity index (χ1n) is 5.18. The van der Waals surface area contributed by atoms with Gasteiger partial charge in [-0.2, -0.15) is 13.2 Å². The van der Waals surface area contributed by atoms with Crippen LogP contribution in [0.4, 0.5) is 13.2 Å². The van der Waals surface area contributed by atoms with Gasteiger partial charge >= 0.3 is 6.18 Å². The van der Waals surface area contributed by atoms with Gasteiger partial charge in [-0.1, -0.05) is 36.5 Å². The topological polar surface area (TPSA) is 35.0 Å². The van der Waals surface area contributed by atoms with Gasteiger partial charge in [-0.05, 0) is 6.42 Å². The van der Waals surface area contributed by atoms with Gasteiger partial charge in [0.2, 0.25) is 0 Å². The minimum absolute atomic E-state index is 0.0362. The third-order valence-electron chi connectivity index (χ3n) is 1.95. The Labute approximate surface area is 112 Å². The van der Waals surface area contributed by atoms with E-state index in [-0.39, 0.29) is 22.7 Å². The summed E-state index contributed by atoms with van der Waals surface area (Å²) in [6.45, 7) is 0.195. The summed E-state index contributed by atoms with van der Waals surface area (Å²) in [4.78, 5) is 7.70. The summed E-state index contributed by atoms with van der Waals surface area (Å²) in [6.07, 6.45) is -2.95. The van der Waals surface area contributed by atoms with Gasteiger partial charge in [0.05, 0.1) is 0 Å². The lowest BCUT2D eigenvalue weighted by atomic mass is 10.2. The van der Waals surface area contributed by atoms with Crippen LogP contribution in [-0.4, -0.2) is 22.8 Å². The lowest BCUT2D eigenvalue weighted by molar-refractivity contribution is -0.177. The van der Waals surface area contributed by atoms with Gasteiger partial charge in [-0.3, -0.25) is 0 Å². The van der Waals surface area contributed by atoms with Crippen molar-refractivity contribution >= 4 is 23.2 Å². The molecule has 0 radical (unpaired) electrons. The van der Waals surface area contributed by atoms with E-state index in [0.717, 1.165) is 6.42 Å². The van der Waals surface area contributed by atoms with Crippen LogP contribution in [0.5, 0.6) is 0 Å². The van der Waals surface area contributed by atoms with Gasteiger partial charge in [0, 0.05) is 5.56 Å². The predicted octanol–water partition coefficient (Wildman–Crippen LogP) is 3.81. The van der Waals surface area contributed by atoms with Gasteiger partial charge in [0.1, 0.15) is 23.5 Å². The van der Waals surface area contributed by atoms with Gasteiger partial charge in [0.15, 0.2) is 5.82 Å². The van der Waals surface area contributed by atoms with Crippen molar-refractivity contribution in [1.82, 2.24) is 9.97 Å². The van der Waals surface area contributed by atoms with Crippen LogP contribution in [0.1, 0.15) is 24.7 Å². The molecule has 0 aliphatic rings. The highest BCUT2D eigenvalue weighted by molar-refractivity contribution is 6.34. The smallest absolute Gasteiger partial charge is 0.364 e. The molecule has 18 heavy (non-hydrogen) atoms. The molecule has 0 spiro atoms. The zero-order valence-corrected chi connectivity index (χ0v) is 11.0. The minimum Gasteiger partial charge on any atom is -0.364 e. The second kappa shape index (κ2) is 6.54. The number of alkyl halides is 3. The molecule has 1 aromatic heterocycles.